The van der Waals surface area contributed by atoms with E-state index >= 15 is 0 Å². The number of ether oxygens (including phenoxy) is 1. The smallest absolute Gasteiger partial charge is 0.224 e. The van der Waals surface area contributed by atoms with Gasteiger partial charge in [0.1, 0.15) is 5.75 Å². The summed E-state index contributed by atoms with van der Waals surface area (Å²) in [6, 6.07) is 13.7. The number of hydrogen-bond donors (Lipinski definition) is 1. The van der Waals surface area contributed by atoms with E-state index in [-0.39, 0.29) is 5.91 Å². The molecule has 1 aliphatic rings. The molecule has 2 aromatic carbocycles. The standard InChI is InChI=1S/C19H21ClN2O2/c1-24-18-7-6-16(20)12-17(18)21-10-8-19(23)22-11-9-14-4-2-3-5-15(14)13-22/h2-7,12,21H,8-11,13H2,1H3. The van der Waals surface area contributed by atoms with Gasteiger partial charge < -0.3 is 15.0 Å². The number of methoxy groups -OCH3 is 1. The third kappa shape index (κ3) is 3.82. The summed E-state index contributed by atoms with van der Waals surface area (Å²) >= 11 is 6.01. The van der Waals surface area contributed by atoms with Crippen LogP contribution >= 0.6 is 11.6 Å². The zero-order valence-corrected chi connectivity index (χ0v) is 14.5. The van der Waals surface area contributed by atoms with E-state index in [0.717, 1.165) is 24.4 Å². The number of carbonyl (C=O) groups is 1. The van der Waals surface area contributed by atoms with E-state index in [4.69, 9.17) is 16.3 Å². The summed E-state index contributed by atoms with van der Waals surface area (Å²) in [6.07, 6.45) is 1.37. The number of rotatable bonds is 5. The predicted molar refractivity (Wildman–Crippen MR) is 96.7 cm³/mol. The molecule has 2 aromatic rings. The van der Waals surface area contributed by atoms with Crippen molar-refractivity contribution in [3.05, 3.63) is 58.6 Å². The Hall–Kier alpha value is -2.20. The minimum Gasteiger partial charge on any atom is -0.495 e. The number of anilines is 1. The Morgan fingerprint density at radius 1 is 1.25 bits per heavy atom. The molecule has 0 radical (unpaired) electrons. The van der Waals surface area contributed by atoms with Gasteiger partial charge in [0.15, 0.2) is 0 Å². The van der Waals surface area contributed by atoms with E-state index in [1.807, 2.05) is 23.1 Å². The van der Waals surface area contributed by atoms with Crippen LogP contribution < -0.4 is 10.1 Å². The lowest BCUT2D eigenvalue weighted by molar-refractivity contribution is -0.131. The molecule has 0 bridgehead atoms. The van der Waals surface area contributed by atoms with E-state index < -0.39 is 0 Å². The van der Waals surface area contributed by atoms with Crippen LogP contribution in [0.15, 0.2) is 42.5 Å². The predicted octanol–water partition coefficient (Wildman–Crippen LogP) is 3.74. The van der Waals surface area contributed by atoms with Crippen LogP contribution in [0.25, 0.3) is 0 Å². The van der Waals surface area contributed by atoms with Gasteiger partial charge in [-0.2, -0.15) is 0 Å². The Kier molecular flexibility index (Phi) is 5.26. The summed E-state index contributed by atoms with van der Waals surface area (Å²) in [4.78, 5) is 14.4. The van der Waals surface area contributed by atoms with Crippen LogP contribution in [0, 0.1) is 0 Å². The largest absolute Gasteiger partial charge is 0.495 e. The highest BCUT2D eigenvalue weighted by atomic mass is 35.5. The maximum atomic E-state index is 12.4. The second-order valence-corrected chi connectivity index (χ2v) is 6.29. The minimum atomic E-state index is 0.165. The number of halogens is 1. The van der Waals surface area contributed by atoms with Crippen LogP contribution in [-0.2, 0) is 17.8 Å². The molecule has 0 aliphatic carbocycles. The first-order valence-corrected chi connectivity index (χ1v) is 8.47. The van der Waals surface area contributed by atoms with Crippen molar-refractivity contribution >= 4 is 23.2 Å². The van der Waals surface area contributed by atoms with Crippen molar-refractivity contribution < 1.29 is 9.53 Å². The first-order valence-electron chi connectivity index (χ1n) is 8.09. The zero-order valence-electron chi connectivity index (χ0n) is 13.7. The van der Waals surface area contributed by atoms with Gasteiger partial charge in [-0.05, 0) is 35.7 Å². The fourth-order valence-corrected chi connectivity index (χ4v) is 3.16. The summed E-state index contributed by atoms with van der Waals surface area (Å²) in [5.41, 5.74) is 3.41. The van der Waals surface area contributed by atoms with Crippen LogP contribution in [0.3, 0.4) is 0 Å². The SMILES string of the molecule is COc1ccc(Cl)cc1NCCC(=O)N1CCc2ccccc2C1. The molecule has 4 nitrogen and oxygen atoms in total. The van der Waals surface area contributed by atoms with Gasteiger partial charge in [0.05, 0.1) is 12.8 Å². The zero-order chi connectivity index (χ0) is 16.9. The molecule has 126 valence electrons. The summed E-state index contributed by atoms with van der Waals surface area (Å²) in [5, 5.41) is 3.87. The van der Waals surface area contributed by atoms with Crippen LogP contribution in [0.2, 0.25) is 5.02 Å². The average molecular weight is 345 g/mol. The number of nitrogens with zero attached hydrogens (tertiary/aromatic N) is 1. The fraction of sp³-hybridized carbons (Fsp3) is 0.316. The lowest BCUT2D eigenvalue weighted by Gasteiger charge is -2.29. The van der Waals surface area contributed by atoms with Gasteiger partial charge in [-0.25, -0.2) is 0 Å². The lowest BCUT2D eigenvalue weighted by atomic mass is 10.00. The molecule has 5 heteroatoms. The van der Waals surface area contributed by atoms with Gasteiger partial charge in [0.2, 0.25) is 5.91 Å². The highest BCUT2D eigenvalue weighted by Gasteiger charge is 2.19. The van der Waals surface area contributed by atoms with Gasteiger partial charge in [0, 0.05) is 31.1 Å². The Morgan fingerprint density at radius 3 is 2.83 bits per heavy atom. The van der Waals surface area contributed by atoms with Crippen LogP contribution in [0.4, 0.5) is 5.69 Å². The molecule has 0 atom stereocenters. The molecule has 24 heavy (non-hydrogen) atoms. The Balaban J connectivity index is 1.54. The third-order valence-corrected chi connectivity index (χ3v) is 4.53. The number of amides is 1. The second-order valence-electron chi connectivity index (χ2n) is 5.86. The van der Waals surface area contributed by atoms with Crippen molar-refractivity contribution in [2.24, 2.45) is 0 Å². The molecule has 0 unspecified atom stereocenters. The molecule has 0 fully saturated rings. The summed E-state index contributed by atoms with van der Waals surface area (Å²) in [7, 11) is 1.62. The maximum Gasteiger partial charge on any atom is 0.224 e. The Labute approximate surface area is 147 Å². The number of carbonyl (C=O) groups excluding carboxylic acids is 1. The van der Waals surface area contributed by atoms with Gasteiger partial charge >= 0.3 is 0 Å². The number of hydrogen-bond acceptors (Lipinski definition) is 3. The quantitative estimate of drug-likeness (QED) is 0.898. The van der Waals surface area contributed by atoms with E-state index in [1.165, 1.54) is 11.1 Å². The molecule has 1 heterocycles. The molecule has 1 N–H and O–H groups in total. The van der Waals surface area contributed by atoms with Crippen LogP contribution in [0.1, 0.15) is 17.5 Å². The van der Waals surface area contributed by atoms with Gasteiger partial charge in [0.25, 0.3) is 0 Å². The second kappa shape index (κ2) is 7.58. The summed E-state index contributed by atoms with van der Waals surface area (Å²) in [6.45, 7) is 2.04. The van der Waals surface area contributed by atoms with Crippen molar-refractivity contribution in [2.45, 2.75) is 19.4 Å². The monoisotopic (exact) mass is 344 g/mol. The summed E-state index contributed by atoms with van der Waals surface area (Å²) < 4.78 is 5.30. The molecule has 1 amide bonds. The van der Waals surface area contributed by atoms with Gasteiger partial charge in [-0.3, -0.25) is 4.79 Å². The van der Waals surface area contributed by atoms with Crippen molar-refractivity contribution in [2.75, 3.05) is 25.5 Å². The number of fused-ring (bicyclic) bond motifs is 1. The molecular formula is C19H21ClN2O2. The molecule has 0 saturated carbocycles. The van der Waals surface area contributed by atoms with Crippen LogP contribution in [-0.4, -0.2) is 31.0 Å². The lowest BCUT2D eigenvalue weighted by Crippen LogP contribution is -2.36. The molecule has 0 aromatic heterocycles. The Bertz CT molecular complexity index is 733. The molecule has 1 aliphatic heterocycles. The highest BCUT2D eigenvalue weighted by molar-refractivity contribution is 6.30. The van der Waals surface area contributed by atoms with Crippen molar-refractivity contribution in [3.63, 3.8) is 0 Å². The highest BCUT2D eigenvalue weighted by Crippen LogP contribution is 2.27. The van der Waals surface area contributed by atoms with Gasteiger partial charge in [-0.15, -0.1) is 0 Å². The number of nitrogens with one attached hydrogen (secondary N) is 1. The first-order chi connectivity index (χ1) is 11.7. The molecule has 0 spiro atoms. The summed E-state index contributed by atoms with van der Waals surface area (Å²) in [5.74, 6) is 0.886. The van der Waals surface area contributed by atoms with Gasteiger partial charge in [-0.1, -0.05) is 35.9 Å². The van der Waals surface area contributed by atoms with Crippen molar-refractivity contribution in [1.82, 2.24) is 4.90 Å². The maximum absolute atomic E-state index is 12.4. The molecular weight excluding hydrogens is 324 g/mol. The van der Waals surface area contributed by atoms with E-state index in [1.54, 1.807) is 13.2 Å². The number of benzene rings is 2. The third-order valence-electron chi connectivity index (χ3n) is 4.30. The van der Waals surface area contributed by atoms with E-state index in [0.29, 0.717) is 24.5 Å². The van der Waals surface area contributed by atoms with Crippen LogP contribution in [0.5, 0.6) is 5.75 Å². The molecule has 3 rings (SSSR count). The minimum absolute atomic E-state index is 0.165. The van der Waals surface area contributed by atoms with E-state index in [2.05, 4.69) is 23.5 Å². The van der Waals surface area contributed by atoms with E-state index in [9.17, 15) is 4.79 Å². The fourth-order valence-electron chi connectivity index (χ4n) is 2.99. The van der Waals surface area contributed by atoms with Crippen molar-refractivity contribution in [1.29, 1.82) is 0 Å². The normalized spacial score (nSPS) is 13.3. The Morgan fingerprint density at radius 2 is 2.04 bits per heavy atom. The average Bonchev–Trinajstić information content (AvgIpc) is 2.61. The topological polar surface area (TPSA) is 41.6 Å². The first kappa shape index (κ1) is 16.7. The van der Waals surface area contributed by atoms with Crippen molar-refractivity contribution in [3.8, 4) is 5.75 Å². The molecule has 0 saturated heterocycles.